The van der Waals surface area contributed by atoms with Crippen LogP contribution >= 0.6 is 0 Å². The highest BCUT2D eigenvalue weighted by Gasteiger charge is 2.15. The zero-order chi connectivity index (χ0) is 13.9. The van der Waals surface area contributed by atoms with Gasteiger partial charge < -0.3 is 9.72 Å². The van der Waals surface area contributed by atoms with Gasteiger partial charge in [0.1, 0.15) is 11.6 Å². The quantitative estimate of drug-likeness (QED) is 0.862. The summed E-state index contributed by atoms with van der Waals surface area (Å²) in [5.74, 6) is 1.29. The standard InChI is InChI=1S/C12H15N3O3S/c1-9-13-8-12(15-9)19(16,17)14-7-10-3-5-11(18-2)6-4-10/h3-6,8,14H,7H2,1-2H3,(H,13,15). The summed E-state index contributed by atoms with van der Waals surface area (Å²) in [5, 5.41) is 0.0681. The van der Waals surface area contributed by atoms with Crippen LogP contribution in [0.1, 0.15) is 11.4 Å². The summed E-state index contributed by atoms with van der Waals surface area (Å²) in [7, 11) is -1.97. The van der Waals surface area contributed by atoms with Crippen molar-refractivity contribution in [1.82, 2.24) is 14.7 Å². The van der Waals surface area contributed by atoms with Gasteiger partial charge in [0.2, 0.25) is 0 Å². The second-order valence-corrected chi connectivity index (χ2v) is 5.74. The zero-order valence-corrected chi connectivity index (χ0v) is 11.5. The third-order valence-corrected chi connectivity index (χ3v) is 3.91. The topological polar surface area (TPSA) is 84.1 Å². The van der Waals surface area contributed by atoms with Crippen molar-refractivity contribution in [1.29, 1.82) is 0 Å². The number of hydrogen-bond acceptors (Lipinski definition) is 4. The fraction of sp³-hybridized carbons (Fsp3) is 0.250. The van der Waals surface area contributed by atoms with Gasteiger partial charge in [0.05, 0.1) is 13.3 Å². The molecule has 0 atom stereocenters. The van der Waals surface area contributed by atoms with Crippen LogP contribution in [0.15, 0.2) is 35.5 Å². The van der Waals surface area contributed by atoms with E-state index in [0.29, 0.717) is 5.82 Å². The lowest BCUT2D eigenvalue weighted by molar-refractivity contribution is 0.414. The summed E-state index contributed by atoms with van der Waals surface area (Å²) in [4.78, 5) is 6.56. The molecule has 6 nitrogen and oxygen atoms in total. The van der Waals surface area contributed by atoms with Crippen LogP contribution < -0.4 is 9.46 Å². The van der Waals surface area contributed by atoms with Gasteiger partial charge >= 0.3 is 0 Å². The molecule has 0 radical (unpaired) electrons. The Morgan fingerprint density at radius 2 is 2.00 bits per heavy atom. The van der Waals surface area contributed by atoms with Crippen molar-refractivity contribution in [3.63, 3.8) is 0 Å². The summed E-state index contributed by atoms with van der Waals surface area (Å²) in [6, 6.07) is 7.17. The minimum absolute atomic E-state index is 0.0681. The molecule has 1 aromatic heterocycles. The van der Waals surface area contributed by atoms with Crippen molar-refractivity contribution in [2.24, 2.45) is 0 Å². The number of hydrogen-bond donors (Lipinski definition) is 2. The van der Waals surface area contributed by atoms with Crippen molar-refractivity contribution in [3.8, 4) is 5.75 Å². The van der Waals surface area contributed by atoms with Crippen molar-refractivity contribution >= 4 is 10.0 Å². The molecule has 2 rings (SSSR count). The van der Waals surface area contributed by atoms with Crippen LogP contribution in [0.25, 0.3) is 0 Å². The number of aryl methyl sites for hydroxylation is 1. The maximum absolute atomic E-state index is 11.9. The Hall–Kier alpha value is -1.86. The molecule has 19 heavy (non-hydrogen) atoms. The molecule has 0 aliphatic rings. The number of methoxy groups -OCH3 is 1. The summed E-state index contributed by atoms with van der Waals surface area (Å²) in [6.45, 7) is 1.91. The summed E-state index contributed by atoms with van der Waals surface area (Å²) < 4.78 is 31.4. The van der Waals surface area contributed by atoms with Crippen molar-refractivity contribution in [2.45, 2.75) is 18.5 Å². The highest BCUT2D eigenvalue weighted by Crippen LogP contribution is 2.12. The van der Waals surface area contributed by atoms with Crippen molar-refractivity contribution in [2.75, 3.05) is 7.11 Å². The third kappa shape index (κ3) is 3.33. The average molecular weight is 281 g/mol. The average Bonchev–Trinajstić information content (AvgIpc) is 2.85. The second-order valence-electron chi connectivity index (χ2n) is 4.01. The summed E-state index contributed by atoms with van der Waals surface area (Å²) >= 11 is 0. The molecule has 0 fully saturated rings. The molecule has 0 unspecified atom stereocenters. The minimum Gasteiger partial charge on any atom is -0.497 e. The largest absolute Gasteiger partial charge is 0.497 e. The van der Waals surface area contributed by atoms with E-state index in [1.807, 2.05) is 0 Å². The first kappa shape index (κ1) is 13.6. The van der Waals surface area contributed by atoms with Gasteiger partial charge in [0, 0.05) is 6.54 Å². The molecule has 7 heteroatoms. The number of nitrogens with one attached hydrogen (secondary N) is 2. The number of rotatable bonds is 5. The Morgan fingerprint density at radius 3 is 2.53 bits per heavy atom. The molecule has 102 valence electrons. The van der Waals surface area contributed by atoms with Gasteiger partial charge in [-0.2, -0.15) is 0 Å². The van der Waals surface area contributed by atoms with Crippen molar-refractivity contribution in [3.05, 3.63) is 41.9 Å². The Bertz CT molecular complexity index is 647. The van der Waals surface area contributed by atoms with Crippen LogP contribution in [0.4, 0.5) is 0 Å². The van der Waals surface area contributed by atoms with E-state index in [0.717, 1.165) is 11.3 Å². The highest BCUT2D eigenvalue weighted by molar-refractivity contribution is 7.89. The number of benzene rings is 1. The first-order chi connectivity index (χ1) is 9.01. The molecule has 1 aromatic carbocycles. The Labute approximate surface area is 111 Å². The van der Waals surface area contributed by atoms with E-state index in [-0.39, 0.29) is 11.6 Å². The Balaban J connectivity index is 2.05. The molecule has 0 saturated heterocycles. The minimum atomic E-state index is -3.55. The maximum atomic E-state index is 11.9. The first-order valence-electron chi connectivity index (χ1n) is 5.65. The number of imidazole rings is 1. The van der Waals surface area contributed by atoms with Crippen LogP contribution in [0, 0.1) is 6.92 Å². The Morgan fingerprint density at radius 1 is 1.32 bits per heavy atom. The fourth-order valence-electron chi connectivity index (χ4n) is 1.53. The SMILES string of the molecule is COc1ccc(CNS(=O)(=O)c2cnc(C)[nH]2)cc1. The van der Waals surface area contributed by atoms with E-state index < -0.39 is 10.0 Å². The van der Waals surface area contributed by atoms with E-state index in [2.05, 4.69) is 14.7 Å². The van der Waals surface area contributed by atoms with Crippen LogP contribution in [0.2, 0.25) is 0 Å². The van der Waals surface area contributed by atoms with E-state index in [9.17, 15) is 8.42 Å². The van der Waals surface area contributed by atoms with Gasteiger partial charge in [-0.25, -0.2) is 18.1 Å². The molecule has 0 aliphatic heterocycles. The zero-order valence-electron chi connectivity index (χ0n) is 10.7. The summed E-state index contributed by atoms with van der Waals surface area (Å²) in [5.41, 5.74) is 0.848. The first-order valence-corrected chi connectivity index (χ1v) is 7.14. The number of nitrogens with zero attached hydrogens (tertiary/aromatic N) is 1. The molecule has 0 spiro atoms. The molecule has 0 amide bonds. The third-order valence-electron chi connectivity index (χ3n) is 2.59. The molecule has 0 saturated carbocycles. The van der Waals surface area contributed by atoms with Crippen LogP contribution in [-0.2, 0) is 16.6 Å². The number of ether oxygens (including phenoxy) is 1. The number of aromatic nitrogens is 2. The van der Waals surface area contributed by atoms with E-state index in [1.54, 1.807) is 38.3 Å². The molecular weight excluding hydrogens is 266 g/mol. The highest BCUT2D eigenvalue weighted by atomic mass is 32.2. The fourth-order valence-corrected chi connectivity index (χ4v) is 2.52. The molecule has 2 N–H and O–H groups in total. The molecule has 0 aliphatic carbocycles. The molecule has 0 bridgehead atoms. The second kappa shape index (κ2) is 5.41. The smallest absolute Gasteiger partial charge is 0.257 e. The van der Waals surface area contributed by atoms with E-state index in [1.165, 1.54) is 6.20 Å². The van der Waals surface area contributed by atoms with Gasteiger partial charge in [-0.3, -0.25) is 0 Å². The lowest BCUT2D eigenvalue weighted by Gasteiger charge is -2.05. The maximum Gasteiger partial charge on any atom is 0.257 e. The normalized spacial score (nSPS) is 11.5. The van der Waals surface area contributed by atoms with Gasteiger partial charge in [0.15, 0.2) is 5.03 Å². The summed E-state index contributed by atoms with van der Waals surface area (Å²) in [6.07, 6.45) is 1.30. The predicted molar refractivity (Wildman–Crippen MR) is 70.3 cm³/mol. The lowest BCUT2D eigenvalue weighted by atomic mass is 10.2. The Kier molecular flexibility index (Phi) is 3.87. The van der Waals surface area contributed by atoms with Gasteiger partial charge in [0.25, 0.3) is 10.0 Å². The van der Waals surface area contributed by atoms with E-state index >= 15 is 0 Å². The van der Waals surface area contributed by atoms with Crippen LogP contribution in [0.3, 0.4) is 0 Å². The van der Waals surface area contributed by atoms with Crippen molar-refractivity contribution < 1.29 is 13.2 Å². The lowest BCUT2D eigenvalue weighted by Crippen LogP contribution is -2.23. The molecule has 1 heterocycles. The predicted octanol–water partition coefficient (Wildman–Crippen LogP) is 1.21. The number of H-pyrrole nitrogens is 1. The number of aromatic amines is 1. The van der Waals surface area contributed by atoms with Gasteiger partial charge in [-0.1, -0.05) is 12.1 Å². The van der Waals surface area contributed by atoms with Crippen LogP contribution in [-0.4, -0.2) is 25.5 Å². The number of sulfonamides is 1. The van der Waals surface area contributed by atoms with Gasteiger partial charge in [-0.05, 0) is 24.6 Å². The van der Waals surface area contributed by atoms with Crippen LogP contribution in [0.5, 0.6) is 5.75 Å². The molecular formula is C12H15N3O3S. The van der Waals surface area contributed by atoms with E-state index in [4.69, 9.17) is 4.74 Å². The molecule has 2 aromatic rings. The van der Waals surface area contributed by atoms with Gasteiger partial charge in [-0.15, -0.1) is 0 Å². The monoisotopic (exact) mass is 281 g/mol.